The first-order chi connectivity index (χ1) is 19.9. The fraction of sp³-hybridized carbons (Fsp3) is 0.250. The molecular weight excluding hydrogens is 538 g/mol. The molecule has 2 aliphatic rings. The topological polar surface area (TPSA) is 109 Å². The van der Waals surface area contributed by atoms with Gasteiger partial charge in [-0.3, -0.25) is 14.9 Å². The van der Waals surface area contributed by atoms with Crippen LogP contribution in [0.15, 0.2) is 93.5 Å². The molecule has 3 aromatic carbocycles. The van der Waals surface area contributed by atoms with Gasteiger partial charge in [0.15, 0.2) is 11.4 Å². The van der Waals surface area contributed by atoms with Gasteiger partial charge in [0.1, 0.15) is 11.6 Å². The van der Waals surface area contributed by atoms with Crippen molar-refractivity contribution in [3.05, 3.63) is 100 Å². The number of nitrogens with zero attached hydrogens (tertiary/aromatic N) is 2. The fourth-order valence-electron chi connectivity index (χ4n) is 4.51. The number of Topliss-reactive ketones (excluding diaryl/α,β-unsaturated/α-hetero) is 1. The van der Waals surface area contributed by atoms with Crippen LogP contribution in [0.4, 0.5) is 11.7 Å². The molecule has 8 nitrogen and oxygen atoms in total. The van der Waals surface area contributed by atoms with E-state index in [4.69, 9.17) is 21.0 Å². The predicted octanol–water partition coefficient (Wildman–Crippen LogP) is 7.52. The van der Waals surface area contributed by atoms with E-state index in [2.05, 4.69) is 34.8 Å². The molecule has 210 valence electrons. The quantitative estimate of drug-likeness (QED) is 0.207. The van der Waals surface area contributed by atoms with Crippen molar-refractivity contribution in [3.8, 4) is 0 Å². The molecular formula is C32H32ClN5O3. The second kappa shape index (κ2) is 12.4. The Morgan fingerprint density at radius 3 is 2.49 bits per heavy atom. The van der Waals surface area contributed by atoms with Crippen molar-refractivity contribution in [2.24, 2.45) is 10.9 Å². The van der Waals surface area contributed by atoms with E-state index in [9.17, 15) is 9.59 Å². The van der Waals surface area contributed by atoms with E-state index in [-0.39, 0.29) is 23.6 Å². The Kier molecular flexibility index (Phi) is 8.50. The van der Waals surface area contributed by atoms with Crippen LogP contribution in [0, 0.1) is 5.92 Å². The van der Waals surface area contributed by atoms with Crippen LogP contribution < -0.4 is 16.0 Å². The van der Waals surface area contributed by atoms with Crippen LogP contribution in [0.5, 0.6) is 0 Å². The second-order valence-electron chi connectivity index (χ2n) is 10.1. The van der Waals surface area contributed by atoms with Crippen molar-refractivity contribution < 1.29 is 14.0 Å². The van der Waals surface area contributed by atoms with E-state index in [1.807, 2.05) is 42.5 Å². The summed E-state index contributed by atoms with van der Waals surface area (Å²) in [4.78, 5) is 35.4. The van der Waals surface area contributed by atoms with Gasteiger partial charge < -0.3 is 15.1 Å². The van der Waals surface area contributed by atoms with Crippen molar-refractivity contribution >= 4 is 52.1 Å². The van der Waals surface area contributed by atoms with E-state index >= 15 is 0 Å². The smallest absolute Gasteiger partial charge is 0.302 e. The number of carbonyl (C=O) groups is 2. The highest BCUT2D eigenvalue weighted by molar-refractivity contribution is 6.31. The molecule has 1 aliphatic carbocycles. The molecule has 3 N–H and O–H groups in total. The molecule has 1 amide bonds. The number of oxazole rings is 1. The maximum Gasteiger partial charge on any atom is 0.302 e. The number of ketones is 1. The number of amides is 1. The summed E-state index contributed by atoms with van der Waals surface area (Å²) in [5.74, 6) is 0.233. The number of rotatable bonds is 6. The third kappa shape index (κ3) is 6.49. The fourth-order valence-corrected chi connectivity index (χ4v) is 4.75. The number of para-hydroxylation sites is 2. The first-order valence-corrected chi connectivity index (χ1v) is 14.1. The van der Waals surface area contributed by atoms with Gasteiger partial charge >= 0.3 is 6.01 Å². The minimum atomic E-state index is -0.701. The van der Waals surface area contributed by atoms with Crippen LogP contribution in [0.25, 0.3) is 11.1 Å². The van der Waals surface area contributed by atoms with Crippen molar-refractivity contribution in [2.45, 2.75) is 46.1 Å². The number of halogens is 1. The Morgan fingerprint density at radius 1 is 1.02 bits per heavy atom. The molecule has 0 spiro atoms. The number of carbonyl (C=O) groups excluding carboxylic acids is 2. The van der Waals surface area contributed by atoms with Gasteiger partial charge in [-0.25, -0.2) is 4.99 Å². The normalized spacial score (nSPS) is 16.3. The molecule has 1 fully saturated rings. The molecule has 9 heteroatoms. The van der Waals surface area contributed by atoms with Gasteiger partial charge in [0.05, 0.1) is 5.57 Å². The summed E-state index contributed by atoms with van der Waals surface area (Å²) >= 11 is 6.56. The van der Waals surface area contributed by atoms with Crippen LogP contribution in [-0.2, 0) is 4.79 Å². The lowest BCUT2D eigenvalue weighted by molar-refractivity contribution is -0.113. The number of nitrogens with one attached hydrogen (secondary N) is 3. The average Bonchev–Trinajstić information content (AvgIpc) is 3.72. The number of anilines is 2. The summed E-state index contributed by atoms with van der Waals surface area (Å²) in [5.41, 5.74) is 4.16. The van der Waals surface area contributed by atoms with Gasteiger partial charge in [0.25, 0.3) is 5.91 Å². The zero-order chi connectivity index (χ0) is 28.9. The number of aliphatic imine (C=N–C) groups is 1. The van der Waals surface area contributed by atoms with Gasteiger partial charge in [0, 0.05) is 33.5 Å². The van der Waals surface area contributed by atoms with E-state index < -0.39 is 6.04 Å². The molecule has 2 heterocycles. The average molecular weight is 570 g/mol. The molecule has 1 aliphatic heterocycles. The number of fused-ring (bicyclic) bond motifs is 1. The summed E-state index contributed by atoms with van der Waals surface area (Å²) in [6, 6.07) is 21.3. The molecule has 0 saturated heterocycles. The molecule has 1 atom stereocenters. The van der Waals surface area contributed by atoms with E-state index in [1.54, 1.807) is 37.3 Å². The number of benzene rings is 3. The molecule has 1 unspecified atom stereocenters. The van der Waals surface area contributed by atoms with Crippen molar-refractivity contribution in [1.82, 2.24) is 10.3 Å². The predicted molar refractivity (Wildman–Crippen MR) is 163 cm³/mol. The van der Waals surface area contributed by atoms with Gasteiger partial charge in [-0.1, -0.05) is 74.3 Å². The van der Waals surface area contributed by atoms with E-state index in [1.165, 1.54) is 6.42 Å². The molecule has 6 rings (SSSR count). The molecule has 1 aromatic heterocycles. The number of aromatic nitrogens is 1. The first-order valence-electron chi connectivity index (χ1n) is 13.8. The first kappa shape index (κ1) is 28.1. The van der Waals surface area contributed by atoms with Gasteiger partial charge in [-0.15, -0.1) is 0 Å². The number of hydrogen-bond donors (Lipinski definition) is 3. The van der Waals surface area contributed by atoms with Crippen molar-refractivity contribution in [1.29, 1.82) is 0 Å². The van der Waals surface area contributed by atoms with E-state index in [0.29, 0.717) is 50.2 Å². The minimum Gasteiger partial charge on any atom is -0.423 e. The lowest BCUT2D eigenvalue weighted by Crippen LogP contribution is -2.37. The summed E-state index contributed by atoms with van der Waals surface area (Å²) in [6.45, 7) is 6.05. The summed E-state index contributed by atoms with van der Waals surface area (Å²) in [7, 11) is 0. The van der Waals surface area contributed by atoms with Crippen LogP contribution in [0.2, 0.25) is 5.02 Å². The zero-order valence-corrected chi connectivity index (χ0v) is 24.0. The molecule has 41 heavy (non-hydrogen) atoms. The Labute approximate surface area is 243 Å². The number of hydrogen-bond acceptors (Lipinski definition) is 7. The third-order valence-electron chi connectivity index (χ3n) is 6.56. The lowest BCUT2D eigenvalue weighted by Gasteiger charge is -2.27. The van der Waals surface area contributed by atoms with E-state index in [0.717, 1.165) is 12.8 Å². The number of guanidine groups is 1. The molecule has 4 aromatic rings. The van der Waals surface area contributed by atoms with Crippen LogP contribution in [0.1, 0.15) is 62.0 Å². The Morgan fingerprint density at radius 2 is 1.76 bits per heavy atom. The summed E-state index contributed by atoms with van der Waals surface area (Å²) in [5, 5.41) is 9.67. The van der Waals surface area contributed by atoms with Crippen LogP contribution in [0.3, 0.4) is 0 Å². The highest BCUT2D eigenvalue weighted by Crippen LogP contribution is 2.36. The van der Waals surface area contributed by atoms with Gasteiger partial charge in [-0.05, 0) is 50.1 Å². The summed E-state index contributed by atoms with van der Waals surface area (Å²) in [6.07, 6.45) is 3.09. The number of allylic oxidation sites excluding steroid dienone is 1. The summed E-state index contributed by atoms with van der Waals surface area (Å²) < 4.78 is 5.78. The Bertz CT molecular complexity index is 1620. The Hall–Kier alpha value is -4.43. The second-order valence-corrected chi connectivity index (χ2v) is 10.5. The monoisotopic (exact) mass is 569 g/mol. The van der Waals surface area contributed by atoms with Crippen LogP contribution >= 0.6 is 11.6 Å². The zero-order valence-electron chi connectivity index (χ0n) is 23.2. The molecule has 1 saturated carbocycles. The lowest BCUT2D eigenvalue weighted by atomic mass is 9.95. The third-order valence-corrected chi connectivity index (χ3v) is 6.90. The standard InChI is InChI=1S/C29H24ClN5O3.C3H8/c1-16-24(27(37)32-19-8-6-7-18(15-19)26(36)17-13-14-17)25(20-9-2-3-10-21(20)30)34-28(31-16)35-29-33-22-11-4-5-12-23(22)38-29;1-3-2/h2-12,15,17,25H,13-14H2,1H3,(H,32,37)(H2,31,33,34,35);3H2,1-2H3. The van der Waals surface area contributed by atoms with Crippen LogP contribution in [-0.4, -0.2) is 22.6 Å². The van der Waals surface area contributed by atoms with Crippen molar-refractivity contribution in [2.75, 3.05) is 10.6 Å². The van der Waals surface area contributed by atoms with Gasteiger partial charge in [-0.2, -0.15) is 4.98 Å². The Balaban J connectivity index is 0.00000108. The highest BCUT2D eigenvalue weighted by Gasteiger charge is 2.32. The maximum atomic E-state index is 13.6. The minimum absolute atomic E-state index is 0.0968. The maximum absolute atomic E-state index is 13.6. The largest absolute Gasteiger partial charge is 0.423 e. The highest BCUT2D eigenvalue weighted by atomic mass is 35.5. The van der Waals surface area contributed by atoms with Gasteiger partial charge in [0.2, 0.25) is 5.96 Å². The molecule has 0 radical (unpaired) electrons. The molecule has 0 bridgehead atoms. The van der Waals surface area contributed by atoms with Crippen molar-refractivity contribution in [3.63, 3.8) is 0 Å². The SMILES string of the molecule is CC1=C(C(=O)Nc2cccc(C(=O)C3CC3)c2)C(c2ccccc2Cl)N=C(Nc2nc3ccccc3o2)N1.CCC.